The van der Waals surface area contributed by atoms with E-state index in [9.17, 15) is 0 Å². The van der Waals surface area contributed by atoms with E-state index in [1.165, 1.54) is 451 Å². The van der Waals surface area contributed by atoms with Crippen molar-refractivity contribution in [2.45, 2.75) is 454 Å². The van der Waals surface area contributed by atoms with E-state index in [-0.39, 0.29) is 0 Å². The largest absolute Gasteiger partial charge is 0.306 e. The molecule has 0 unspecified atom stereocenters. The Morgan fingerprint density at radius 2 is 0.178 bits per heavy atom. The fourth-order valence-electron chi connectivity index (χ4n) is 12.1. The van der Waals surface area contributed by atoms with Crippen molar-refractivity contribution < 1.29 is 0 Å². The van der Waals surface area contributed by atoms with Gasteiger partial charge in [0.05, 0.1) is 0 Å². The standard InChI is InChI=1S/C25H53N.C21H45N.C17H37N.C13H29N.C9H21N/c1-4-6-8-10-12-14-16-18-20-22-24-26(3)25-23-21-19-17-15-13-11-9-7-5-2;1-4-6-8-10-12-14-16-18-20-22(3)21-19-17-15-13-11-9-7-5-2;1-4-6-8-10-12-14-16-18(3)17-15-13-11-9-7-5-2;1-4-6-8-10-12-14(3)13-11-9-7-5-2;1-4-6-8-10(3)9-7-5-2/h4-25H2,1-3H3;4-21H2,1-3H3;4-17H2,1-3H3;4-13H2,1-3H3;4-9H2,1-3H3. The number of hydrogen-bond acceptors (Lipinski definition) is 5. The molecule has 0 atom stereocenters. The van der Waals surface area contributed by atoms with Crippen molar-refractivity contribution in [1.82, 2.24) is 24.5 Å². The van der Waals surface area contributed by atoms with Crippen LogP contribution in [0.5, 0.6) is 0 Å². The zero-order chi connectivity index (χ0) is 67.4. The van der Waals surface area contributed by atoms with Crippen molar-refractivity contribution in [3.63, 3.8) is 0 Å². The van der Waals surface area contributed by atoms with Crippen LogP contribution in [0.15, 0.2) is 0 Å². The third-order valence-corrected chi connectivity index (χ3v) is 18.9. The van der Waals surface area contributed by atoms with Crippen LogP contribution in [0.25, 0.3) is 0 Å². The first-order valence-electron chi connectivity index (χ1n) is 42.5. The highest BCUT2D eigenvalue weighted by Crippen LogP contribution is 2.15. The highest BCUT2D eigenvalue weighted by molar-refractivity contribution is 4.59. The Balaban J connectivity index is -0.000000345. The Kier molecular flexibility index (Phi) is 104. The topological polar surface area (TPSA) is 16.2 Å². The van der Waals surface area contributed by atoms with E-state index in [2.05, 4.69) is 129 Å². The van der Waals surface area contributed by atoms with Gasteiger partial charge in [-0.1, -0.05) is 390 Å². The summed E-state index contributed by atoms with van der Waals surface area (Å²) >= 11 is 0. The van der Waals surface area contributed by atoms with Gasteiger partial charge in [-0.25, -0.2) is 0 Å². The second-order valence-corrected chi connectivity index (χ2v) is 29.2. The van der Waals surface area contributed by atoms with Crippen molar-refractivity contribution in [2.75, 3.05) is 101 Å². The van der Waals surface area contributed by atoms with Crippen molar-refractivity contribution >= 4 is 0 Å². The van der Waals surface area contributed by atoms with Crippen LogP contribution in [-0.4, -0.2) is 125 Å². The molecule has 5 heteroatoms. The highest BCUT2D eigenvalue weighted by atomic mass is 15.1. The van der Waals surface area contributed by atoms with Gasteiger partial charge in [-0.3, -0.25) is 0 Å². The molecular weight excluding hydrogens is 1090 g/mol. The van der Waals surface area contributed by atoms with Crippen LogP contribution in [-0.2, 0) is 0 Å². The number of unbranched alkanes of at least 4 members (excludes halogenated alkanes) is 50. The van der Waals surface area contributed by atoms with Crippen LogP contribution in [0.2, 0.25) is 0 Å². The molecule has 0 aromatic heterocycles. The van der Waals surface area contributed by atoms with Crippen molar-refractivity contribution in [2.24, 2.45) is 0 Å². The van der Waals surface area contributed by atoms with Gasteiger partial charge in [-0.05, 0) is 165 Å². The van der Waals surface area contributed by atoms with E-state index in [0.29, 0.717) is 0 Å². The summed E-state index contributed by atoms with van der Waals surface area (Å²) in [5.41, 5.74) is 0. The molecule has 0 aliphatic carbocycles. The molecule has 0 amide bonds. The number of hydrogen-bond donors (Lipinski definition) is 0. The van der Waals surface area contributed by atoms with Gasteiger partial charge in [0, 0.05) is 0 Å². The molecule has 0 bridgehead atoms. The molecule has 0 fully saturated rings. The van der Waals surface area contributed by atoms with E-state index < -0.39 is 0 Å². The first-order valence-corrected chi connectivity index (χ1v) is 42.5. The first kappa shape index (κ1) is 98.5. The van der Waals surface area contributed by atoms with Crippen molar-refractivity contribution in [3.05, 3.63) is 0 Å². The van der Waals surface area contributed by atoms with Gasteiger partial charge >= 0.3 is 0 Å². The zero-order valence-electron chi connectivity index (χ0n) is 66.7. The molecule has 5 nitrogen and oxygen atoms in total. The normalized spacial score (nSPS) is 11.3. The van der Waals surface area contributed by atoms with Gasteiger partial charge in [0.15, 0.2) is 0 Å². The lowest BCUT2D eigenvalue weighted by Crippen LogP contribution is -2.20. The predicted octanol–water partition coefficient (Wildman–Crippen LogP) is 28.2. The maximum absolute atomic E-state index is 2.56. The molecule has 0 saturated heterocycles. The minimum Gasteiger partial charge on any atom is -0.306 e. The van der Waals surface area contributed by atoms with Crippen LogP contribution < -0.4 is 0 Å². The van der Waals surface area contributed by atoms with Gasteiger partial charge in [-0.2, -0.15) is 0 Å². The second kappa shape index (κ2) is 95.2. The molecular formula is C85H185N5. The maximum Gasteiger partial charge on any atom is -0.00218 e. The monoisotopic (exact) mass is 1280 g/mol. The number of nitrogens with zero attached hydrogens (tertiary/aromatic N) is 5. The van der Waals surface area contributed by atoms with E-state index in [0.717, 1.165) is 0 Å². The Hall–Kier alpha value is -0.200. The average Bonchev–Trinajstić information content (AvgIpc) is 3.54. The summed E-state index contributed by atoms with van der Waals surface area (Å²) in [5, 5.41) is 0. The minimum absolute atomic E-state index is 1.27. The third-order valence-electron chi connectivity index (χ3n) is 18.9. The fourth-order valence-corrected chi connectivity index (χ4v) is 12.1. The number of rotatable bonds is 70. The summed E-state index contributed by atoms with van der Waals surface area (Å²) < 4.78 is 0. The summed E-state index contributed by atoms with van der Waals surface area (Å²) in [6, 6.07) is 0. The molecule has 0 radical (unpaired) electrons. The first-order chi connectivity index (χ1) is 44.0. The summed E-state index contributed by atoms with van der Waals surface area (Å²) in [4.78, 5) is 12.6. The van der Waals surface area contributed by atoms with E-state index in [4.69, 9.17) is 0 Å². The Morgan fingerprint density at radius 3 is 0.289 bits per heavy atom. The minimum atomic E-state index is 1.27. The maximum atomic E-state index is 2.56. The molecule has 0 aliphatic rings. The van der Waals surface area contributed by atoms with Crippen LogP contribution in [0.4, 0.5) is 0 Å². The highest BCUT2D eigenvalue weighted by Gasteiger charge is 2.04. The zero-order valence-corrected chi connectivity index (χ0v) is 66.7. The molecule has 0 N–H and O–H groups in total. The average molecular weight is 1280 g/mol. The van der Waals surface area contributed by atoms with Crippen LogP contribution in [0.1, 0.15) is 454 Å². The van der Waals surface area contributed by atoms with Gasteiger partial charge in [0.2, 0.25) is 0 Å². The lowest BCUT2D eigenvalue weighted by Gasteiger charge is -2.16. The summed E-state index contributed by atoms with van der Waals surface area (Å²) in [6.07, 6.45) is 85.3. The third kappa shape index (κ3) is 104. The van der Waals surface area contributed by atoms with Crippen LogP contribution >= 0.6 is 0 Å². The lowest BCUT2D eigenvalue weighted by molar-refractivity contribution is 0.314. The molecule has 0 saturated carbocycles. The molecule has 0 aliphatic heterocycles. The predicted molar refractivity (Wildman–Crippen MR) is 421 cm³/mol. The summed E-state index contributed by atoms with van der Waals surface area (Å²) in [6.45, 7) is 35.8. The molecule has 0 heterocycles. The molecule has 0 spiro atoms. The molecule has 550 valence electrons. The quantitative estimate of drug-likeness (QED) is 0.0563. The molecule has 0 aromatic carbocycles. The van der Waals surface area contributed by atoms with Crippen molar-refractivity contribution in [1.29, 1.82) is 0 Å². The van der Waals surface area contributed by atoms with E-state index >= 15 is 0 Å². The van der Waals surface area contributed by atoms with Crippen LogP contribution in [0.3, 0.4) is 0 Å². The van der Waals surface area contributed by atoms with E-state index in [1.807, 2.05) is 0 Å². The van der Waals surface area contributed by atoms with Gasteiger partial charge < -0.3 is 24.5 Å². The Labute approximate surface area is 576 Å². The summed E-state index contributed by atoms with van der Waals surface area (Å²) in [5.74, 6) is 0. The fraction of sp³-hybridized carbons (Fsp3) is 1.00. The molecule has 0 aromatic rings. The molecule has 0 rings (SSSR count). The SMILES string of the molecule is CCCCCCCCCCCCN(C)CCCCCCCCCCCC.CCCCCCCCCCN(C)CCCCCCCCCC.CCCCCCCCN(C)CCCCCCCC.CCCCCCN(C)CCCCCC.CCCCN(C)CCCC. The van der Waals surface area contributed by atoms with Crippen LogP contribution in [0, 0.1) is 0 Å². The van der Waals surface area contributed by atoms with Crippen molar-refractivity contribution in [3.8, 4) is 0 Å². The Morgan fingerprint density at radius 1 is 0.100 bits per heavy atom. The van der Waals surface area contributed by atoms with Gasteiger partial charge in [0.25, 0.3) is 0 Å². The smallest absolute Gasteiger partial charge is 0.00218 e. The van der Waals surface area contributed by atoms with Gasteiger partial charge in [0.1, 0.15) is 0 Å². The second-order valence-electron chi connectivity index (χ2n) is 29.2. The lowest BCUT2D eigenvalue weighted by atomic mass is 10.1. The Bertz CT molecular complexity index is 1040. The molecule has 90 heavy (non-hydrogen) atoms. The van der Waals surface area contributed by atoms with Gasteiger partial charge in [-0.15, -0.1) is 0 Å². The van der Waals surface area contributed by atoms with E-state index in [1.54, 1.807) is 0 Å². The summed E-state index contributed by atoms with van der Waals surface area (Å²) in [7, 11) is 11.4.